The summed E-state index contributed by atoms with van der Waals surface area (Å²) in [6.45, 7) is 0. The first-order valence-corrected chi connectivity index (χ1v) is 5.57. The molecule has 1 aromatic heterocycles. The Hall–Kier alpha value is -1.37. The van der Waals surface area contributed by atoms with Crippen LogP contribution in [0.5, 0.6) is 5.75 Å². The summed E-state index contributed by atoms with van der Waals surface area (Å²) in [6, 6.07) is 7.00. The molecule has 4 nitrogen and oxygen atoms in total. The Morgan fingerprint density at radius 3 is 2.81 bits per heavy atom. The number of nitrogens with zero attached hydrogens (tertiary/aromatic N) is 1. The first kappa shape index (κ1) is 11.1. The maximum absolute atomic E-state index is 10.9. The molecule has 16 heavy (non-hydrogen) atoms. The van der Waals surface area contributed by atoms with E-state index >= 15 is 0 Å². The van der Waals surface area contributed by atoms with E-state index in [2.05, 4.69) is 27.6 Å². The average Bonchev–Trinajstić information content (AvgIpc) is 2.27. The van der Waals surface area contributed by atoms with Crippen LogP contribution < -0.4 is 4.74 Å². The zero-order valence-electron chi connectivity index (χ0n) is 8.40. The minimum absolute atomic E-state index is 0.00874. The standard InChI is InChI=1S/C11H8INO3/c1-16-10-5-9(11(14)15)13-8-3-2-6(12)4-7(8)10/h2-5H,1H3,(H,14,15). The summed E-state index contributed by atoms with van der Waals surface area (Å²) >= 11 is 2.18. The Morgan fingerprint density at radius 1 is 1.44 bits per heavy atom. The van der Waals surface area contributed by atoms with Gasteiger partial charge in [-0.15, -0.1) is 0 Å². The van der Waals surface area contributed by atoms with Crippen LogP contribution in [0.1, 0.15) is 10.5 Å². The van der Waals surface area contributed by atoms with Crippen LogP contribution in [0, 0.1) is 3.57 Å². The number of halogens is 1. The minimum atomic E-state index is -1.06. The maximum Gasteiger partial charge on any atom is 0.354 e. The van der Waals surface area contributed by atoms with Crippen molar-refractivity contribution in [1.29, 1.82) is 0 Å². The summed E-state index contributed by atoms with van der Waals surface area (Å²) in [5.74, 6) is -0.528. The summed E-state index contributed by atoms with van der Waals surface area (Å²) in [7, 11) is 1.51. The Morgan fingerprint density at radius 2 is 2.19 bits per heavy atom. The number of fused-ring (bicyclic) bond motifs is 1. The van der Waals surface area contributed by atoms with Gasteiger partial charge in [-0.05, 0) is 40.8 Å². The molecule has 0 saturated heterocycles. The second-order valence-electron chi connectivity index (χ2n) is 3.18. The van der Waals surface area contributed by atoms with Crippen molar-refractivity contribution in [3.63, 3.8) is 0 Å². The molecule has 82 valence electrons. The lowest BCUT2D eigenvalue weighted by atomic mass is 10.2. The third-order valence-corrected chi connectivity index (χ3v) is 2.84. The number of benzene rings is 1. The normalized spacial score (nSPS) is 10.4. The van der Waals surface area contributed by atoms with Crippen molar-refractivity contribution < 1.29 is 14.6 Å². The molecule has 0 bridgehead atoms. The second-order valence-corrected chi connectivity index (χ2v) is 4.42. The largest absolute Gasteiger partial charge is 0.496 e. The third-order valence-electron chi connectivity index (χ3n) is 2.17. The number of hydrogen-bond donors (Lipinski definition) is 1. The fourth-order valence-electron chi connectivity index (χ4n) is 1.45. The third kappa shape index (κ3) is 1.95. The molecular weight excluding hydrogens is 321 g/mol. The van der Waals surface area contributed by atoms with Gasteiger partial charge in [0.15, 0.2) is 5.69 Å². The zero-order chi connectivity index (χ0) is 11.7. The van der Waals surface area contributed by atoms with Crippen molar-refractivity contribution >= 4 is 39.5 Å². The molecule has 0 unspecified atom stereocenters. The van der Waals surface area contributed by atoms with Gasteiger partial charge in [-0.1, -0.05) is 0 Å². The molecule has 0 aliphatic rings. The van der Waals surface area contributed by atoms with E-state index in [1.54, 1.807) is 6.07 Å². The lowest BCUT2D eigenvalue weighted by Gasteiger charge is -2.06. The van der Waals surface area contributed by atoms with E-state index in [-0.39, 0.29) is 5.69 Å². The lowest BCUT2D eigenvalue weighted by Crippen LogP contribution is -2.01. The van der Waals surface area contributed by atoms with E-state index in [0.717, 1.165) is 8.96 Å². The highest BCUT2D eigenvalue weighted by Gasteiger charge is 2.11. The van der Waals surface area contributed by atoms with Crippen molar-refractivity contribution in [1.82, 2.24) is 4.98 Å². The highest BCUT2D eigenvalue weighted by atomic mass is 127. The van der Waals surface area contributed by atoms with Gasteiger partial charge < -0.3 is 9.84 Å². The number of rotatable bonds is 2. The van der Waals surface area contributed by atoms with E-state index in [0.29, 0.717) is 11.3 Å². The van der Waals surface area contributed by atoms with Crippen LogP contribution in [-0.2, 0) is 0 Å². The smallest absolute Gasteiger partial charge is 0.354 e. The topological polar surface area (TPSA) is 59.4 Å². The number of aromatic carboxylic acids is 1. The van der Waals surface area contributed by atoms with Crippen LogP contribution in [0.2, 0.25) is 0 Å². The maximum atomic E-state index is 10.9. The predicted octanol–water partition coefficient (Wildman–Crippen LogP) is 2.55. The number of methoxy groups -OCH3 is 1. The second kappa shape index (κ2) is 4.25. The van der Waals surface area contributed by atoms with Crippen LogP contribution in [0.4, 0.5) is 0 Å². The van der Waals surface area contributed by atoms with E-state index in [9.17, 15) is 4.79 Å². The van der Waals surface area contributed by atoms with Crippen LogP contribution in [0.15, 0.2) is 24.3 Å². The SMILES string of the molecule is COc1cc(C(=O)O)nc2ccc(I)cc12. The Labute approximate surface area is 105 Å². The van der Waals surface area contributed by atoms with Gasteiger partial charge in [0.25, 0.3) is 0 Å². The molecule has 0 aliphatic carbocycles. The first-order chi connectivity index (χ1) is 7.61. The molecule has 0 aliphatic heterocycles. The fourth-order valence-corrected chi connectivity index (χ4v) is 1.94. The van der Waals surface area contributed by atoms with E-state index in [4.69, 9.17) is 9.84 Å². The number of carboxylic acid groups (broad SMARTS) is 1. The molecule has 0 atom stereocenters. The predicted molar refractivity (Wildman–Crippen MR) is 68.0 cm³/mol. The molecule has 2 rings (SSSR count). The van der Waals surface area contributed by atoms with Gasteiger partial charge in [-0.3, -0.25) is 0 Å². The number of pyridine rings is 1. The average molecular weight is 329 g/mol. The van der Waals surface area contributed by atoms with Crippen LogP contribution in [0.25, 0.3) is 10.9 Å². The summed E-state index contributed by atoms with van der Waals surface area (Å²) < 4.78 is 6.22. The molecule has 1 aromatic carbocycles. The quantitative estimate of drug-likeness (QED) is 0.861. The van der Waals surface area contributed by atoms with Crippen LogP contribution in [0.3, 0.4) is 0 Å². The number of ether oxygens (including phenoxy) is 1. The molecule has 0 fully saturated rings. The number of hydrogen-bond acceptors (Lipinski definition) is 3. The van der Waals surface area contributed by atoms with Gasteiger partial charge in [-0.25, -0.2) is 9.78 Å². The summed E-state index contributed by atoms with van der Waals surface area (Å²) in [5.41, 5.74) is 0.614. The van der Waals surface area contributed by atoms with Crippen molar-refractivity contribution in [2.75, 3.05) is 7.11 Å². The molecule has 1 heterocycles. The molecule has 1 N–H and O–H groups in total. The monoisotopic (exact) mass is 329 g/mol. The summed E-state index contributed by atoms with van der Waals surface area (Å²) in [4.78, 5) is 14.9. The molecular formula is C11H8INO3. The minimum Gasteiger partial charge on any atom is -0.496 e. The van der Waals surface area contributed by atoms with Gasteiger partial charge in [0.05, 0.1) is 12.6 Å². The zero-order valence-corrected chi connectivity index (χ0v) is 10.6. The Balaban J connectivity index is 2.78. The highest BCUT2D eigenvalue weighted by Crippen LogP contribution is 2.26. The number of aromatic nitrogens is 1. The van der Waals surface area contributed by atoms with Crippen molar-refractivity contribution in [3.05, 3.63) is 33.5 Å². The first-order valence-electron chi connectivity index (χ1n) is 4.49. The van der Waals surface area contributed by atoms with Gasteiger partial charge in [0, 0.05) is 15.0 Å². The van der Waals surface area contributed by atoms with Crippen molar-refractivity contribution in [2.24, 2.45) is 0 Å². The molecule has 5 heteroatoms. The van der Waals surface area contributed by atoms with Crippen molar-refractivity contribution in [3.8, 4) is 5.75 Å². The van der Waals surface area contributed by atoms with E-state index in [1.165, 1.54) is 13.2 Å². The summed E-state index contributed by atoms with van der Waals surface area (Å²) in [5, 5.41) is 9.72. The Bertz CT molecular complexity index is 568. The molecule has 0 radical (unpaired) electrons. The van der Waals surface area contributed by atoms with Gasteiger partial charge >= 0.3 is 5.97 Å². The summed E-state index contributed by atoms with van der Waals surface area (Å²) in [6.07, 6.45) is 0. The Kier molecular flexibility index (Phi) is 2.95. The van der Waals surface area contributed by atoms with Gasteiger partial charge in [0.1, 0.15) is 5.75 Å². The fraction of sp³-hybridized carbons (Fsp3) is 0.0909. The molecule has 0 spiro atoms. The molecule has 0 amide bonds. The molecule has 0 saturated carbocycles. The van der Waals surface area contributed by atoms with E-state index < -0.39 is 5.97 Å². The van der Waals surface area contributed by atoms with Gasteiger partial charge in [0.2, 0.25) is 0 Å². The van der Waals surface area contributed by atoms with Crippen LogP contribution >= 0.6 is 22.6 Å². The highest BCUT2D eigenvalue weighted by molar-refractivity contribution is 14.1. The van der Waals surface area contributed by atoms with Crippen LogP contribution in [-0.4, -0.2) is 23.2 Å². The van der Waals surface area contributed by atoms with E-state index in [1.807, 2.05) is 12.1 Å². The number of carboxylic acids is 1. The molecule has 2 aromatic rings. The number of carbonyl (C=O) groups is 1. The lowest BCUT2D eigenvalue weighted by molar-refractivity contribution is 0.0690. The van der Waals surface area contributed by atoms with Crippen molar-refractivity contribution in [2.45, 2.75) is 0 Å². The van der Waals surface area contributed by atoms with Gasteiger partial charge in [-0.2, -0.15) is 0 Å².